The van der Waals surface area contributed by atoms with Crippen LogP contribution in [0.4, 0.5) is 16.3 Å². The summed E-state index contributed by atoms with van der Waals surface area (Å²) in [4.78, 5) is 36.1. The summed E-state index contributed by atoms with van der Waals surface area (Å²) in [5, 5.41) is 34.7. The van der Waals surface area contributed by atoms with Gasteiger partial charge in [-0.25, -0.2) is 19.7 Å². The van der Waals surface area contributed by atoms with E-state index in [1.807, 2.05) is 0 Å². The zero-order chi connectivity index (χ0) is 22.1. The molecule has 2 aromatic heterocycles. The first kappa shape index (κ1) is 20.8. The number of nitrogens with one attached hydrogen (secondary N) is 2. The average molecular weight is 428 g/mol. The number of fused-ring (bicyclic) bond motifs is 1. The monoisotopic (exact) mass is 428 g/mol. The van der Waals surface area contributed by atoms with Crippen molar-refractivity contribution in [3.63, 3.8) is 0 Å². The third kappa shape index (κ3) is 3.96. The smallest absolute Gasteiger partial charge is 0.324 e. The number of Topliss-reactive ketones (excluding diaryl/α,β-unsaturated/α-hetero) is 1. The van der Waals surface area contributed by atoms with Gasteiger partial charge in [0.05, 0.1) is 12.9 Å². The Morgan fingerprint density at radius 1 is 1.10 bits per heavy atom. The quantitative estimate of drug-likeness (QED) is 0.358. The van der Waals surface area contributed by atoms with E-state index in [0.29, 0.717) is 11.3 Å². The van der Waals surface area contributed by atoms with Crippen LogP contribution in [0.25, 0.3) is 11.2 Å². The standard InChI is InChI=1S/C19H20N6O6/c1-9(27)10-2-4-11(5-3-10)23-19(30)24-16-13-17(21-7-20-16)25(8-22-13)18-15(29)14(28)12(6-26)31-18/h2-5,7-8,12,14-15,18,26,28-29H,6H2,1H3,(H2,20,21,23,24,30)/t12-,14-,15-,18-/m1/s1. The normalized spacial score (nSPS) is 23.1. The number of hydrogen-bond acceptors (Lipinski definition) is 9. The highest BCUT2D eigenvalue weighted by Gasteiger charge is 2.44. The molecule has 1 saturated heterocycles. The van der Waals surface area contributed by atoms with E-state index in [1.54, 1.807) is 24.3 Å². The largest absolute Gasteiger partial charge is 0.394 e. The van der Waals surface area contributed by atoms with Crippen molar-refractivity contribution in [1.82, 2.24) is 19.5 Å². The minimum Gasteiger partial charge on any atom is -0.394 e. The summed E-state index contributed by atoms with van der Waals surface area (Å²) in [6.07, 6.45) is -2.00. The molecule has 4 atom stereocenters. The number of carbonyl (C=O) groups is 2. The van der Waals surface area contributed by atoms with E-state index in [9.17, 15) is 24.9 Å². The number of ketones is 1. The van der Waals surface area contributed by atoms with Crippen molar-refractivity contribution in [2.75, 3.05) is 17.2 Å². The molecule has 2 amide bonds. The highest BCUT2D eigenvalue weighted by molar-refractivity contribution is 6.03. The molecular weight excluding hydrogens is 408 g/mol. The third-order valence-corrected chi connectivity index (χ3v) is 4.93. The second-order valence-electron chi connectivity index (χ2n) is 6.99. The van der Waals surface area contributed by atoms with Crippen LogP contribution in [0.5, 0.6) is 0 Å². The number of imidazole rings is 1. The molecule has 0 saturated carbocycles. The minimum atomic E-state index is -1.30. The summed E-state index contributed by atoms with van der Waals surface area (Å²) in [5.74, 6) is 0.0394. The van der Waals surface area contributed by atoms with Crippen LogP contribution in [-0.4, -0.2) is 71.6 Å². The maximum atomic E-state index is 12.4. The Balaban J connectivity index is 1.53. The molecule has 0 aliphatic carbocycles. The Kier molecular flexibility index (Phi) is 5.61. The van der Waals surface area contributed by atoms with E-state index in [4.69, 9.17) is 4.74 Å². The van der Waals surface area contributed by atoms with Crippen LogP contribution in [0.1, 0.15) is 23.5 Å². The molecule has 4 rings (SSSR count). The van der Waals surface area contributed by atoms with Gasteiger partial charge in [-0.3, -0.25) is 14.7 Å². The fraction of sp³-hybridized carbons (Fsp3) is 0.316. The summed E-state index contributed by atoms with van der Waals surface area (Å²) >= 11 is 0. The number of rotatable bonds is 5. The molecule has 12 heteroatoms. The Morgan fingerprint density at radius 2 is 1.84 bits per heavy atom. The number of amides is 2. The number of aliphatic hydroxyl groups excluding tert-OH is 3. The fourth-order valence-corrected chi connectivity index (χ4v) is 3.30. The van der Waals surface area contributed by atoms with Gasteiger partial charge in [-0.1, -0.05) is 0 Å². The topological polar surface area (TPSA) is 172 Å². The molecule has 12 nitrogen and oxygen atoms in total. The van der Waals surface area contributed by atoms with E-state index < -0.39 is 37.2 Å². The summed E-state index contributed by atoms with van der Waals surface area (Å²) in [7, 11) is 0. The van der Waals surface area contributed by atoms with E-state index in [2.05, 4.69) is 25.6 Å². The van der Waals surface area contributed by atoms with Crippen LogP contribution in [0.2, 0.25) is 0 Å². The van der Waals surface area contributed by atoms with Crippen molar-refractivity contribution in [3.8, 4) is 0 Å². The highest BCUT2D eigenvalue weighted by atomic mass is 16.6. The van der Waals surface area contributed by atoms with E-state index in [-0.39, 0.29) is 22.8 Å². The molecule has 3 heterocycles. The van der Waals surface area contributed by atoms with Crippen LogP contribution in [0, 0.1) is 0 Å². The summed E-state index contributed by atoms with van der Waals surface area (Å²) in [6.45, 7) is 0.992. The number of nitrogens with zero attached hydrogens (tertiary/aromatic N) is 4. The lowest BCUT2D eigenvalue weighted by atomic mass is 10.1. The Hall–Kier alpha value is -3.45. The number of ether oxygens (including phenoxy) is 1. The van der Waals surface area contributed by atoms with Gasteiger partial charge in [0.1, 0.15) is 24.6 Å². The molecule has 1 aromatic carbocycles. The van der Waals surface area contributed by atoms with Gasteiger partial charge in [0.2, 0.25) is 0 Å². The Morgan fingerprint density at radius 3 is 2.48 bits per heavy atom. The predicted octanol–water partition coefficient (Wildman–Crippen LogP) is 0.284. The molecule has 0 unspecified atom stereocenters. The van der Waals surface area contributed by atoms with Crippen molar-refractivity contribution in [2.24, 2.45) is 0 Å². The number of urea groups is 1. The van der Waals surface area contributed by atoms with Gasteiger partial charge in [-0.05, 0) is 31.2 Å². The van der Waals surface area contributed by atoms with Crippen molar-refractivity contribution < 1.29 is 29.6 Å². The molecule has 0 radical (unpaired) electrons. The fourth-order valence-electron chi connectivity index (χ4n) is 3.30. The average Bonchev–Trinajstić information content (AvgIpc) is 3.30. The second-order valence-corrected chi connectivity index (χ2v) is 6.99. The number of benzene rings is 1. The Bertz CT molecular complexity index is 1120. The molecule has 31 heavy (non-hydrogen) atoms. The first-order chi connectivity index (χ1) is 14.9. The van der Waals surface area contributed by atoms with Crippen LogP contribution in [0.3, 0.4) is 0 Å². The molecule has 5 N–H and O–H groups in total. The number of anilines is 2. The second kappa shape index (κ2) is 8.35. The molecule has 0 bridgehead atoms. The lowest BCUT2D eigenvalue weighted by molar-refractivity contribution is -0.0511. The summed E-state index contributed by atoms with van der Waals surface area (Å²) in [6, 6.07) is 5.82. The number of aromatic nitrogens is 4. The maximum Gasteiger partial charge on any atom is 0.324 e. The SMILES string of the molecule is CC(=O)c1ccc(NC(=O)Nc2ncnc3c2ncn3[C@@H]2O[C@H](CO)[C@@H](O)[C@H]2O)cc1. The zero-order valence-electron chi connectivity index (χ0n) is 16.3. The molecule has 1 aliphatic rings. The van der Waals surface area contributed by atoms with E-state index in [0.717, 1.165) is 0 Å². The van der Waals surface area contributed by atoms with E-state index in [1.165, 1.54) is 24.1 Å². The molecule has 3 aromatic rings. The maximum absolute atomic E-state index is 12.4. The summed E-state index contributed by atoms with van der Waals surface area (Å²) in [5.41, 5.74) is 1.50. The van der Waals surface area contributed by atoms with Gasteiger partial charge >= 0.3 is 6.03 Å². The van der Waals surface area contributed by atoms with E-state index >= 15 is 0 Å². The lowest BCUT2D eigenvalue weighted by Gasteiger charge is -2.16. The van der Waals surface area contributed by atoms with Crippen molar-refractivity contribution >= 4 is 34.5 Å². The van der Waals surface area contributed by atoms with Crippen molar-refractivity contribution in [3.05, 3.63) is 42.5 Å². The first-order valence-corrected chi connectivity index (χ1v) is 9.38. The first-order valence-electron chi connectivity index (χ1n) is 9.38. The van der Waals surface area contributed by atoms with Crippen LogP contribution in [-0.2, 0) is 4.74 Å². The molecule has 1 fully saturated rings. The third-order valence-electron chi connectivity index (χ3n) is 4.93. The molecule has 162 valence electrons. The number of hydrogen-bond donors (Lipinski definition) is 5. The predicted molar refractivity (Wildman–Crippen MR) is 107 cm³/mol. The zero-order valence-corrected chi connectivity index (χ0v) is 16.3. The minimum absolute atomic E-state index is 0.0795. The molecule has 0 spiro atoms. The molecule has 1 aliphatic heterocycles. The number of carbonyl (C=O) groups excluding carboxylic acids is 2. The van der Waals surface area contributed by atoms with Gasteiger partial charge in [0.15, 0.2) is 29.0 Å². The molecular formula is C19H20N6O6. The van der Waals surface area contributed by atoms with Crippen LogP contribution in [0.15, 0.2) is 36.9 Å². The van der Waals surface area contributed by atoms with Gasteiger partial charge in [0.25, 0.3) is 0 Å². The summed E-state index contributed by atoms with van der Waals surface area (Å²) < 4.78 is 6.90. The van der Waals surface area contributed by atoms with Crippen LogP contribution < -0.4 is 10.6 Å². The van der Waals surface area contributed by atoms with Crippen LogP contribution >= 0.6 is 0 Å². The van der Waals surface area contributed by atoms with Gasteiger partial charge < -0.3 is 25.4 Å². The number of aliphatic hydroxyl groups is 3. The van der Waals surface area contributed by atoms with Gasteiger partial charge in [-0.2, -0.15) is 0 Å². The van der Waals surface area contributed by atoms with Crippen molar-refractivity contribution in [2.45, 2.75) is 31.5 Å². The van der Waals surface area contributed by atoms with Gasteiger partial charge in [0, 0.05) is 11.3 Å². The Labute approximate surface area is 175 Å². The lowest BCUT2D eigenvalue weighted by Crippen LogP contribution is -2.33. The highest BCUT2D eigenvalue weighted by Crippen LogP contribution is 2.32. The van der Waals surface area contributed by atoms with Gasteiger partial charge in [-0.15, -0.1) is 0 Å². The van der Waals surface area contributed by atoms with Crippen molar-refractivity contribution in [1.29, 1.82) is 0 Å².